The van der Waals surface area contributed by atoms with Crippen molar-refractivity contribution in [3.8, 4) is 5.69 Å². The monoisotopic (exact) mass is 293 g/mol. The van der Waals surface area contributed by atoms with Crippen LogP contribution in [0.2, 0.25) is 0 Å². The third kappa shape index (κ3) is 2.82. The van der Waals surface area contributed by atoms with E-state index in [1.807, 2.05) is 38.1 Å². The Kier molecular flexibility index (Phi) is 4.27. The Morgan fingerprint density at radius 2 is 1.95 bits per heavy atom. The van der Waals surface area contributed by atoms with Crippen LogP contribution in [0.5, 0.6) is 0 Å². The van der Waals surface area contributed by atoms with Gasteiger partial charge < -0.3 is 0 Å². The molecule has 0 saturated carbocycles. The first kappa shape index (κ1) is 14.1. The number of rotatable bonds is 4. The standard InChI is InChI=1S/C14H15NO2S2/c1-4-18-14-12(10(3)16)13(17)15(19-14)11-7-5-9(2)6-8-11/h5-8H,4H2,1-3H3. The fourth-order valence-corrected chi connectivity index (χ4v) is 4.05. The summed E-state index contributed by atoms with van der Waals surface area (Å²) in [4.78, 5) is 24.0. The number of benzene rings is 1. The lowest BCUT2D eigenvalue weighted by Gasteiger charge is -2.00. The molecule has 0 fully saturated rings. The van der Waals surface area contributed by atoms with E-state index in [9.17, 15) is 9.59 Å². The number of carbonyl (C=O) groups is 1. The molecule has 1 aromatic carbocycles. The number of ketones is 1. The van der Waals surface area contributed by atoms with E-state index in [4.69, 9.17) is 0 Å². The first-order valence-corrected chi connectivity index (χ1v) is 7.77. The van der Waals surface area contributed by atoms with Gasteiger partial charge in [-0.2, -0.15) is 0 Å². The first-order chi connectivity index (χ1) is 9.04. The van der Waals surface area contributed by atoms with Gasteiger partial charge in [0.1, 0.15) is 5.56 Å². The second kappa shape index (κ2) is 5.75. The largest absolute Gasteiger partial charge is 0.294 e. The number of aryl methyl sites for hydroxylation is 1. The molecule has 0 atom stereocenters. The normalized spacial score (nSPS) is 10.7. The molecule has 0 unspecified atom stereocenters. The van der Waals surface area contributed by atoms with Crippen LogP contribution in [0, 0.1) is 6.92 Å². The number of hydrogen-bond donors (Lipinski definition) is 0. The minimum absolute atomic E-state index is 0.164. The van der Waals surface area contributed by atoms with Crippen molar-refractivity contribution in [3.63, 3.8) is 0 Å². The second-order valence-electron chi connectivity index (χ2n) is 4.18. The van der Waals surface area contributed by atoms with Gasteiger partial charge in [-0.05, 0) is 43.3 Å². The van der Waals surface area contributed by atoms with E-state index in [-0.39, 0.29) is 11.3 Å². The lowest BCUT2D eigenvalue weighted by atomic mass is 10.2. The molecule has 0 amide bonds. The summed E-state index contributed by atoms with van der Waals surface area (Å²) >= 11 is 2.88. The number of aromatic nitrogens is 1. The van der Waals surface area contributed by atoms with Crippen molar-refractivity contribution in [1.29, 1.82) is 0 Å². The molecule has 0 saturated heterocycles. The highest BCUT2D eigenvalue weighted by Crippen LogP contribution is 2.28. The average Bonchev–Trinajstić information content (AvgIpc) is 2.68. The number of nitrogens with zero attached hydrogens (tertiary/aromatic N) is 1. The van der Waals surface area contributed by atoms with E-state index in [0.717, 1.165) is 21.2 Å². The van der Waals surface area contributed by atoms with Crippen LogP contribution in [0.4, 0.5) is 0 Å². The quantitative estimate of drug-likeness (QED) is 0.639. The van der Waals surface area contributed by atoms with Crippen molar-refractivity contribution in [2.45, 2.75) is 25.0 Å². The van der Waals surface area contributed by atoms with Crippen LogP contribution >= 0.6 is 23.3 Å². The Morgan fingerprint density at radius 3 is 2.47 bits per heavy atom. The molecule has 0 spiro atoms. The van der Waals surface area contributed by atoms with Crippen molar-refractivity contribution in [2.24, 2.45) is 0 Å². The Morgan fingerprint density at radius 1 is 1.32 bits per heavy atom. The highest BCUT2D eigenvalue weighted by atomic mass is 32.2. The van der Waals surface area contributed by atoms with Crippen molar-refractivity contribution in [3.05, 3.63) is 45.7 Å². The maximum absolute atomic E-state index is 12.3. The summed E-state index contributed by atoms with van der Waals surface area (Å²) in [6.07, 6.45) is 0. The van der Waals surface area contributed by atoms with Gasteiger partial charge in [0.05, 0.1) is 9.90 Å². The molecule has 0 N–H and O–H groups in total. The molecule has 1 aromatic heterocycles. The zero-order valence-corrected chi connectivity index (χ0v) is 12.7. The summed E-state index contributed by atoms with van der Waals surface area (Å²) in [7, 11) is 0. The molecule has 0 radical (unpaired) electrons. The fraction of sp³-hybridized carbons (Fsp3) is 0.286. The van der Waals surface area contributed by atoms with E-state index in [2.05, 4.69) is 0 Å². The number of thioether (sulfide) groups is 1. The molecule has 0 bridgehead atoms. The van der Waals surface area contributed by atoms with Crippen LogP contribution in [-0.2, 0) is 0 Å². The Balaban J connectivity index is 2.59. The van der Waals surface area contributed by atoms with E-state index in [1.54, 1.807) is 3.96 Å². The SMILES string of the molecule is CCSc1sn(-c2ccc(C)cc2)c(=O)c1C(C)=O. The lowest BCUT2D eigenvalue weighted by Crippen LogP contribution is -2.17. The minimum Gasteiger partial charge on any atom is -0.294 e. The maximum Gasteiger partial charge on any atom is 0.277 e. The third-order valence-corrected chi connectivity index (χ3v) is 4.93. The van der Waals surface area contributed by atoms with Crippen LogP contribution in [0.15, 0.2) is 33.3 Å². The predicted molar refractivity (Wildman–Crippen MR) is 81.1 cm³/mol. The van der Waals surface area contributed by atoms with Crippen LogP contribution < -0.4 is 5.56 Å². The molecule has 19 heavy (non-hydrogen) atoms. The smallest absolute Gasteiger partial charge is 0.277 e. The predicted octanol–water partition coefficient (Wildman–Crippen LogP) is 3.52. The van der Waals surface area contributed by atoms with E-state index >= 15 is 0 Å². The highest BCUT2D eigenvalue weighted by Gasteiger charge is 2.19. The number of carbonyl (C=O) groups excluding carboxylic acids is 1. The molecule has 5 heteroatoms. The Hall–Kier alpha value is -1.33. The summed E-state index contributed by atoms with van der Waals surface area (Å²) in [5.41, 5.74) is 2.06. The summed E-state index contributed by atoms with van der Waals surface area (Å²) in [6.45, 7) is 5.46. The van der Waals surface area contributed by atoms with Gasteiger partial charge in [-0.3, -0.25) is 9.59 Å². The van der Waals surface area contributed by atoms with Crippen molar-refractivity contribution >= 4 is 29.1 Å². The van der Waals surface area contributed by atoms with Crippen molar-refractivity contribution < 1.29 is 4.79 Å². The molecule has 1 heterocycles. The summed E-state index contributed by atoms with van der Waals surface area (Å²) in [5, 5.41) is 0. The molecular formula is C14H15NO2S2. The topological polar surface area (TPSA) is 39.1 Å². The van der Waals surface area contributed by atoms with Crippen LogP contribution in [-0.4, -0.2) is 15.5 Å². The van der Waals surface area contributed by atoms with Gasteiger partial charge in [-0.15, -0.1) is 11.8 Å². The molecule has 2 aromatic rings. The molecule has 100 valence electrons. The molecule has 3 nitrogen and oxygen atoms in total. The van der Waals surface area contributed by atoms with E-state index < -0.39 is 0 Å². The fourth-order valence-electron chi connectivity index (χ4n) is 1.73. The van der Waals surface area contributed by atoms with Crippen LogP contribution in [0.1, 0.15) is 29.8 Å². The van der Waals surface area contributed by atoms with Gasteiger partial charge in [0.25, 0.3) is 5.56 Å². The van der Waals surface area contributed by atoms with E-state index in [0.29, 0.717) is 5.56 Å². The first-order valence-electron chi connectivity index (χ1n) is 6.01. The molecule has 0 aliphatic carbocycles. The second-order valence-corrected chi connectivity index (χ2v) is 6.67. The molecular weight excluding hydrogens is 278 g/mol. The van der Waals surface area contributed by atoms with Gasteiger partial charge in [0, 0.05) is 0 Å². The zero-order chi connectivity index (χ0) is 14.0. The minimum atomic E-state index is -0.211. The number of Topliss-reactive ketones (excluding diaryl/α,β-unsaturated/α-hetero) is 1. The van der Waals surface area contributed by atoms with Crippen molar-refractivity contribution in [2.75, 3.05) is 5.75 Å². The average molecular weight is 293 g/mol. The van der Waals surface area contributed by atoms with Gasteiger partial charge >= 0.3 is 0 Å². The van der Waals surface area contributed by atoms with Gasteiger partial charge in [0.2, 0.25) is 0 Å². The third-order valence-electron chi connectivity index (χ3n) is 2.67. The Labute approximate surface area is 120 Å². The van der Waals surface area contributed by atoms with Gasteiger partial charge in [-0.1, -0.05) is 24.6 Å². The summed E-state index contributed by atoms with van der Waals surface area (Å²) < 4.78 is 2.40. The van der Waals surface area contributed by atoms with E-state index in [1.165, 1.54) is 30.2 Å². The Bertz CT molecular complexity index is 653. The zero-order valence-electron chi connectivity index (χ0n) is 11.1. The number of hydrogen-bond acceptors (Lipinski definition) is 4. The van der Waals surface area contributed by atoms with Gasteiger partial charge in [0.15, 0.2) is 5.78 Å². The van der Waals surface area contributed by atoms with Gasteiger partial charge in [-0.25, -0.2) is 3.96 Å². The van der Waals surface area contributed by atoms with Crippen molar-refractivity contribution in [1.82, 2.24) is 3.96 Å². The maximum atomic E-state index is 12.3. The van der Waals surface area contributed by atoms with Crippen LogP contribution in [0.25, 0.3) is 5.69 Å². The molecule has 0 aliphatic heterocycles. The van der Waals surface area contributed by atoms with Crippen LogP contribution in [0.3, 0.4) is 0 Å². The molecule has 2 rings (SSSR count). The summed E-state index contributed by atoms with van der Waals surface area (Å²) in [6, 6.07) is 7.72. The lowest BCUT2D eigenvalue weighted by molar-refractivity contribution is 0.101. The summed E-state index contributed by atoms with van der Waals surface area (Å²) in [5.74, 6) is 0.678. The molecule has 0 aliphatic rings. The highest BCUT2D eigenvalue weighted by molar-refractivity contribution is 8.01.